The highest BCUT2D eigenvalue weighted by Gasteiger charge is 2.42. The number of nitrogens with one attached hydrogen (secondary N) is 2. The number of carbonyl (C=O) groups is 1. The minimum absolute atomic E-state index is 0.0905. The number of hydrogen-bond donors (Lipinski definition) is 2. The van der Waals surface area contributed by atoms with Crippen molar-refractivity contribution in [2.24, 2.45) is 0 Å². The minimum atomic E-state index is -4.98. The van der Waals surface area contributed by atoms with Gasteiger partial charge in [0.2, 0.25) is 0 Å². The molecule has 0 aliphatic rings. The molecule has 2 aromatic heterocycles. The number of hydrogen-bond acceptors (Lipinski definition) is 1. The maximum atomic E-state index is 13.2. The Kier molecular flexibility index (Phi) is 3.89. The number of Topliss-reactive ketones (excluding diaryl/α,β-unsaturated/α-hetero) is 1. The Balaban J connectivity index is 2.02. The highest BCUT2D eigenvalue weighted by Crippen LogP contribution is 2.37. The van der Waals surface area contributed by atoms with Crippen LogP contribution in [0.2, 0.25) is 5.02 Å². The van der Waals surface area contributed by atoms with Gasteiger partial charge in [0.25, 0.3) is 5.78 Å². The summed E-state index contributed by atoms with van der Waals surface area (Å²) in [6.45, 7) is 0. The molecule has 0 unspecified atom stereocenters. The molecule has 0 radical (unpaired) electrons. The van der Waals surface area contributed by atoms with Crippen molar-refractivity contribution in [2.45, 2.75) is 6.18 Å². The van der Waals surface area contributed by atoms with E-state index in [1.807, 2.05) is 0 Å². The van der Waals surface area contributed by atoms with Gasteiger partial charge in [-0.3, -0.25) is 4.79 Å². The van der Waals surface area contributed by atoms with E-state index in [0.717, 1.165) is 5.39 Å². The lowest BCUT2D eigenvalue weighted by Gasteiger charge is -2.06. The molecule has 4 aromatic rings. The highest BCUT2D eigenvalue weighted by atomic mass is 79.9. The van der Waals surface area contributed by atoms with Crippen molar-refractivity contribution in [3.63, 3.8) is 0 Å². The van der Waals surface area contributed by atoms with Crippen molar-refractivity contribution in [3.05, 3.63) is 57.5 Å². The zero-order valence-electron chi connectivity index (χ0n) is 12.8. The van der Waals surface area contributed by atoms with Crippen molar-refractivity contribution in [1.82, 2.24) is 9.97 Å². The largest absolute Gasteiger partial charge is 0.454 e. The van der Waals surface area contributed by atoms with Crippen LogP contribution in [0.25, 0.3) is 33.2 Å². The van der Waals surface area contributed by atoms with E-state index in [1.54, 1.807) is 36.4 Å². The topological polar surface area (TPSA) is 48.6 Å². The van der Waals surface area contributed by atoms with Gasteiger partial charge in [0.05, 0.1) is 17.0 Å². The highest BCUT2D eigenvalue weighted by molar-refractivity contribution is 9.10. The zero-order chi connectivity index (χ0) is 18.6. The molecule has 8 heteroatoms. The number of alkyl halides is 3. The van der Waals surface area contributed by atoms with Gasteiger partial charge in [0, 0.05) is 31.3 Å². The normalized spacial score (nSPS) is 12.2. The molecule has 3 nitrogen and oxygen atoms in total. The van der Waals surface area contributed by atoms with Crippen LogP contribution in [0.4, 0.5) is 13.2 Å². The fraction of sp³-hybridized carbons (Fsp3) is 0.0556. The summed E-state index contributed by atoms with van der Waals surface area (Å²) >= 11 is 9.25. The Bertz CT molecular complexity index is 1180. The lowest BCUT2D eigenvalue weighted by atomic mass is 10.0. The van der Waals surface area contributed by atoms with Crippen molar-refractivity contribution in [3.8, 4) is 11.4 Å². The van der Waals surface area contributed by atoms with Crippen LogP contribution in [0.5, 0.6) is 0 Å². The molecule has 0 aliphatic carbocycles. The van der Waals surface area contributed by atoms with Crippen LogP contribution in [-0.4, -0.2) is 21.9 Å². The summed E-state index contributed by atoms with van der Waals surface area (Å²) in [5.74, 6) is -1.89. The average molecular weight is 442 g/mol. The van der Waals surface area contributed by atoms with E-state index in [4.69, 9.17) is 11.6 Å². The number of benzene rings is 2. The molecule has 2 heterocycles. The maximum absolute atomic E-state index is 13.2. The molecule has 0 bridgehead atoms. The van der Waals surface area contributed by atoms with Crippen LogP contribution in [0.1, 0.15) is 10.4 Å². The van der Waals surface area contributed by atoms with Gasteiger partial charge in [0.15, 0.2) is 0 Å². The zero-order valence-corrected chi connectivity index (χ0v) is 15.2. The summed E-state index contributed by atoms with van der Waals surface area (Å²) in [5, 5.41) is 1.45. The molecule has 0 aliphatic heterocycles. The third-order valence-electron chi connectivity index (χ3n) is 4.10. The predicted molar refractivity (Wildman–Crippen MR) is 98.7 cm³/mol. The molecule has 0 saturated carbocycles. The minimum Gasteiger partial charge on any atom is -0.353 e. The van der Waals surface area contributed by atoms with Gasteiger partial charge in [-0.05, 0) is 36.4 Å². The second-order valence-electron chi connectivity index (χ2n) is 5.81. The number of halogens is 5. The first-order valence-electron chi connectivity index (χ1n) is 7.45. The molecule has 0 amide bonds. The Hall–Kier alpha value is -2.25. The first-order valence-corrected chi connectivity index (χ1v) is 8.62. The molecular formula is C18H9BrClF3N2O. The van der Waals surface area contributed by atoms with E-state index in [-0.39, 0.29) is 11.1 Å². The number of aromatic nitrogens is 2. The van der Waals surface area contributed by atoms with Gasteiger partial charge >= 0.3 is 6.18 Å². The van der Waals surface area contributed by atoms with E-state index in [2.05, 4.69) is 25.9 Å². The first kappa shape index (κ1) is 17.2. The number of H-pyrrole nitrogens is 2. The number of rotatable bonds is 2. The number of ketones is 1. The van der Waals surface area contributed by atoms with Crippen molar-refractivity contribution < 1.29 is 18.0 Å². The Labute approximate surface area is 158 Å². The molecule has 0 saturated heterocycles. The molecule has 4 rings (SSSR count). The summed E-state index contributed by atoms with van der Waals surface area (Å²) in [7, 11) is 0. The number of aromatic amines is 2. The third-order valence-corrected chi connectivity index (χ3v) is 4.83. The van der Waals surface area contributed by atoms with Crippen molar-refractivity contribution in [1.29, 1.82) is 0 Å². The summed E-state index contributed by atoms with van der Waals surface area (Å²) < 4.78 is 40.2. The average Bonchev–Trinajstić information content (AvgIpc) is 3.13. The molecule has 0 fully saturated rings. The van der Waals surface area contributed by atoms with Gasteiger partial charge < -0.3 is 9.97 Å². The fourth-order valence-electron chi connectivity index (χ4n) is 2.99. The van der Waals surface area contributed by atoms with E-state index >= 15 is 0 Å². The van der Waals surface area contributed by atoms with Gasteiger partial charge in [-0.2, -0.15) is 13.2 Å². The van der Waals surface area contributed by atoms with Crippen LogP contribution >= 0.6 is 27.5 Å². The lowest BCUT2D eigenvalue weighted by Crippen LogP contribution is -2.23. The monoisotopic (exact) mass is 440 g/mol. The smallest absolute Gasteiger partial charge is 0.353 e. The predicted octanol–water partition coefficient (Wildman–Crippen LogP) is 6.48. The molecule has 26 heavy (non-hydrogen) atoms. The quantitative estimate of drug-likeness (QED) is 0.344. The fourth-order valence-corrected chi connectivity index (χ4v) is 3.53. The summed E-state index contributed by atoms with van der Waals surface area (Å²) in [6, 6.07) is 11.5. The van der Waals surface area contributed by atoms with E-state index in [1.165, 1.54) is 6.07 Å². The Morgan fingerprint density at radius 2 is 1.77 bits per heavy atom. The van der Waals surface area contributed by atoms with Crippen LogP contribution in [0.3, 0.4) is 0 Å². The second-order valence-corrected chi connectivity index (χ2v) is 7.16. The van der Waals surface area contributed by atoms with Gasteiger partial charge in [0.1, 0.15) is 0 Å². The molecular weight excluding hydrogens is 433 g/mol. The lowest BCUT2D eigenvalue weighted by molar-refractivity contribution is -0.0883. The number of fused-ring (bicyclic) bond motifs is 2. The van der Waals surface area contributed by atoms with Crippen LogP contribution in [0, 0.1) is 0 Å². The molecule has 2 N–H and O–H groups in total. The first-order chi connectivity index (χ1) is 12.2. The van der Waals surface area contributed by atoms with Crippen LogP contribution < -0.4 is 0 Å². The summed E-state index contributed by atoms with van der Waals surface area (Å²) in [5.41, 5.74) is 1.20. The van der Waals surface area contributed by atoms with E-state index < -0.39 is 17.5 Å². The standard InChI is InChI=1S/C18H9BrClF3N2O/c19-9-1-3-11-13(7-9)25-16(15(11)17(26)18(21,22)23)14-6-8-5-10(20)2-4-12(8)24-14/h1-7,24-25H. The molecule has 2 aromatic carbocycles. The number of carbonyl (C=O) groups excluding carboxylic acids is 1. The second kappa shape index (κ2) is 5.89. The SMILES string of the molecule is O=C(c1c(-c2cc3cc(Cl)ccc3[nH]2)[nH]c2cc(Br)ccc12)C(F)(F)F. The Morgan fingerprint density at radius 1 is 1.00 bits per heavy atom. The van der Waals surface area contributed by atoms with Crippen molar-refractivity contribution in [2.75, 3.05) is 0 Å². The summed E-state index contributed by atoms with van der Waals surface area (Å²) in [4.78, 5) is 18.1. The van der Waals surface area contributed by atoms with Gasteiger partial charge in [-0.25, -0.2) is 0 Å². The third kappa shape index (κ3) is 2.81. The van der Waals surface area contributed by atoms with Crippen molar-refractivity contribution >= 4 is 55.1 Å². The maximum Gasteiger partial charge on any atom is 0.454 e. The van der Waals surface area contributed by atoms with Crippen LogP contribution in [-0.2, 0) is 0 Å². The van der Waals surface area contributed by atoms with Crippen LogP contribution in [0.15, 0.2) is 46.9 Å². The Morgan fingerprint density at radius 3 is 2.50 bits per heavy atom. The molecule has 132 valence electrons. The molecule has 0 spiro atoms. The molecule has 0 atom stereocenters. The summed E-state index contributed by atoms with van der Waals surface area (Å²) in [6.07, 6.45) is -4.98. The van der Waals surface area contributed by atoms with E-state index in [0.29, 0.717) is 26.2 Å². The van der Waals surface area contributed by atoms with E-state index in [9.17, 15) is 18.0 Å². The van der Waals surface area contributed by atoms with Gasteiger partial charge in [-0.15, -0.1) is 0 Å². The van der Waals surface area contributed by atoms with Gasteiger partial charge in [-0.1, -0.05) is 33.6 Å².